The first-order valence-electron chi connectivity index (χ1n) is 8.32. The Bertz CT molecular complexity index is 438. The first kappa shape index (κ1) is 17.4. The molecule has 1 N–H and O–H groups in total. The zero-order chi connectivity index (χ0) is 15.6. The predicted octanol–water partition coefficient (Wildman–Crippen LogP) is 2.95. The van der Waals surface area contributed by atoms with Crippen molar-refractivity contribution in [2.45, 2.75) is 38.1 Å². The summed E-state index contributed by atoms with van der Waals surface area (Å²) >= 11 is 1.73. The molecule has 4 heteroatoms. The largest absolute Gasteiger partial charge is 0.352 e. The van der Waals surface area contributed by atoms with Crippen molar-refractivity contribution in [1.82, 2.24) is 10.2 Å². The molecule has 2 rings (SSSR count). The lowest BCUT2D eigenvalue weighted by molar-refractivity contribution is -0.121. The number of carbonyl (C=O) groups is 1. The maximum absolute atomic E-state index is 11.8. The van der Waals surface area contributed by atoms with Crippen molar-refractivity contribution in [2.24, 2.45) is 0 Å². The van der Waals surface area contributed by atoms with Gasteiger partial charge in [-0.05, 0) is 50.6 Å². The molecule has 122 valence electrons. The number of thioether (sulfide) groups is 1. The number of rotatable bonds is 8. The van der Waals surface area contributed by atoms with Gasteiger partial charge in [0.15, 0.2) is 0 Å². The van der Waals surface area contributed by atoms with Crippen LogP contribution in [-0.2, 0) is 11.2 Å². The van der Waals surface area contributed by atoms with Crippen molar-refractivity contribution in [2.75, 3.05) is 31.6 Å². The van der Waals surface area contributed by atoms with Gasteiger partial charge in [0.2, 0.25) is 5.91 Å². The summed E-state index contributed by atoms with van der Waals surface area (Å²) < 4.78 is 0. The monoisotopic (exact) mass is 320 g/mol. The maximum Gasteiger partial charge on any atom is 0.221 e. The molecule has 1 amide bonds. The highest BCUT2D eigenvalue weighted by atomic mass is 32.2. The van der Waals surface area contributed by atoms with Crippen LogP contribution in [0.25, 0.3) is 0 Å². The van der Waals surface area contributed by atoms with Crippen LogP contribution in [0, 0.1) is 0 Å². The van der Waals surface area contributed by atoms with Gasteiger partial charge in [0.25, 0.3) is 0 Å². The van der Waals surface area contributed by atoms with Gasteiger partial charge in [-0.3, -0.25) is 4.79 Å². The molecule has 1 aromatic rings. The summed E-state index contributed by atoms with van der Waals surface area (Å²) in [5, 5.41) is 3.20. The summed E-state index contributed by atoms with van der Waals surface area (Å²) in [4.78, 5) is 14.3. The summed E-state index contributed by atoms with van der Waals surface area (Å²) in [6, 6.07) is 11.0. The highest BCUT2D eigenvalue weighted by molar-refractivity contribution is 7.98. The summed E-state index contributed by atoms with van der Waals surface area (Å²) in [5.41, 5.74) is 1.42. The molecule has 0 aliphatic carbocycles. The van der Waals surface area contributed by atoms with Gasteiger partial charge in [-0.2, -0.15) is 11.8 Å². The predicted molar refractivity (Wildman–Crippen MR) is 95.4 cm³/mol. The Morgan fingerprint density at radius 2 is 2.18 bits per heavy atom. The Kier molecular flexibility index (Phi) is 7.81. The van der Waals surface area contributed by atoms with Gasteiger partial charge in [-0.25, -0.2) is 0 Å². The normalized spacial score (nSPS) is 19.0. The second-order valence-electron chi connectivity index (χ2n) is 6.04. The summed E-state index contributed by atoms with van der Waals surface area (Å²) in [7, 11) is 0. The molecule has 1 atom stereocenters. The number of likely N-dealkylation sites (tertiary alicyclic amines) is 1. The average Bonchev–Trinajstić information content (AvgIpc) is 2.54. The van der Waals surface area contributed by atoms with E-state index in [0.717, 1.165) is 31.7 Å². The SMILES string of the molecule is CSCCC(=O)N[C@H]1CCCN(CCCc2ccccc2)C1. The van der Waals surface area contributed by atoms with Crippen LogP contribution in [0.15, 0.2) is 30.3 Å². The van der Waals surface area contributed by atoms with Crippen LogP contribution in [0.4, 0.5) is 0 Å². The number of piperidine rings is 1. The van der Waals surface area contributed by atoms with Gasteiger partial charge < -0.3 is 10.2 Å². The second-order valence-corrected chi connectivity index (χ2v) is 7.02. The molecule has 1 aliphatic heterocycles. The smallest absolute Gasteiger partial charge is 0.221 e. The molecule has 1 aliphatic rings. The molecule has 1 heterocycles. The molecule has 1 aromatic carbocycles. The molecule has 3 nitrogen and oxygen atoms in total. The van der Waals surface area contributed by atoms with Crippen molar-refractivity contribution in [3.05, 3.63) is 35.9 Å². The minimum atomic E-state index is 0.213. The molecule has 22 heavy (non-hydrogen) atoms. The Morgan fingerprint density at radius 3 is 2.95 bits per heavy atom. The van der Waals surface area contributed by atoms with Crippen LogP contribution < -0.4 is 5.32 Å². The molecule has 0 spiro atoms. The summed E-state index contributed by atoms with van der Waals surface area (Å²) in [6.45, 7) is 3.32. The Hall–Kier alpha value is -1.00. The summed E-state index contributed by atoms with van der Waals surface area (Å²) in [6.07, 6.45) is 7.34. The van der Waals surface area contributed by atoms with Gasteiger partial charge >= 0.3 is 0 Å². The zero-order valence-corrected chi connectivity index (χ0v) is 14.4. The quantitative estimate of drug-likeness (QED) is 0.799. The van der Waals surface area contributed by atoms with E-state index < -0.39 is 0 Å². The van der Waals surface area contributed by atoms with Crippen LogP contribution in [0.2, 0.25) is 0 Å². The lowest BCUT2D eigenvalue weighted by Crippen LogP contribution is -2.48. The fraction of sp³-hybridized carbons (Fsp3) is 0.611. The van der Waals surface area contributed by atoms with E-state index in [1.807, 2.05) is 6.26 Å². The minimum Gasteiger partial charge on any atom is -0.352 e. The highest BCUT2D eigenvalue weighted by Crippen LogP contribution is 2.12. The van der Waals surface area contributed by atoms with Crippen LogP contribution >= 0.6 is 11.8 Å². The molecular formula is C18H28N2OS. The number of benzene rings is 1. The van der Waals surface area contributed by atoms with Gasteiger partial charge in [-0.15, -0.1) is 0 Å². The molecule has 1 saturated heterocycles. The number of nitrogens with one attached hydrogen (secondary N) is 1. The number of amides is 1. The molecule has 0 bridgehead atoms. The van der Waals surface area contributed by atoms with Crippen LogP contribution in [0.5, 0.6) is 0 Å². The third kappa shape index (κ3) is 6.41. The van der Waals surface area contributed by atoms with Crippen molar-refractivity contribution in [3.8, 4) is 0 Å². The average molecular weight is 321 g/mol. The van der Waals surface area contributed by atoms with E-state index in [0.29, 0.717) is 12.5 Å². The summed E-state index contributed by atoms with van der Waals surface area (Å²) in [5.74, 6) is 1.13. The molecule has 0 aromatic heterocycles. The lowest BCUT2D eigenvalue weighted by atomic mass is 10.0. The molecular weight excluding hydrogens is 292 g/mol. The van der Waals surface area contributed by atoms with Crippen LogP contribution in [-0.4, -0.2) is 48.5 Å². The number of hydrogen-bond acceptors (Lipinski definition) is 3. The van der Waals surface area contributed by atoms with Gasteiger partial charge in [0.05, 0.1) is 0 Å². The van der Waals surface area contributed by atoms with Crippen molar-refractivity contribution >= 4 is 17.7 Å². The van der Waals surface area contributed by atoms with E-state index in [4.69, 9.17) is 0 Å². The Labute approximate surface area is 138 Å². The molecule has 0 saturated carbocycles. The van der Waals surface area contributed by atoms with E-state index >= 15 is 0 Å². The zero-order valence-electron chi connectivity index (χ0n) is 13.6. The van der Waals surface area contributed by atoms with Crippen LogP contribution in [0.1, 0.15) is 31.2 Å². The van der Waals surface area contributed by atoms with Gasteiger partial charge in [0, 0.05) is 24.8 Å². The second kappa shape index (κ2) is 9.90. The maximum atomic E-state index is 11.8. The number of aryl methyl sites for hydroxylation is 1. The fourth-order valence-corrected chi connectivity index (χ4v) is 3.41. The van der Waals surface area contributed by atoms with E-state index in [9.17, 15) is 4.79 Å². The standard InChI is InChI=1S/C18H28N2OS/c1-22-14-11-18(21)19-17-10-6-13-20(15-17)12-5-9-16-7-3-2-4-8-16/h2-4,7-8,17H,5-6,9-15H2,1H3,(H,19,21)/t17-/m0/s1. The van der Waals surface area contributed by atoms with E-state index in [1.54, 1.807) is 11.8 Å². The third-order valence-corrected chi connectivity index (χ3v) is 4.80. The lowest BCUT2D eigenvalue weighted by Gasteiger charge is -2.33. The van der Waals surface area contributed by atoms with Crippen LogP contribution in [0.3, 0.4) is 0 Å². The number of carbonyl (C=O) groups excluding carboxylic acids is 1. The number of nitrogens with zero attached hydrogens (tertiary/aromatic N) is 1. The molecule has 0 unspecified atom stereocenters. The highest BCUT2D eigenvalue weighted by Gasteiger charge is 2.20. The van der Waals surface area contributed by atoms with Gasteiger partial charge in [-0.1, -0.05) is 30.3 Å². The minimum absolute atomic E-state index is 0.213. The topological polar surface area (TPSA) is 32.3 Å². The van der Waals surface area contributed by atoms with E-state index in [-0.39, 0.29) is 5.91 Å². The Morgan fingerprint density at radius 1 is 1.36 bits per heavy atom. The first-order chi connectivity index (χ1) is 10.8. The van der Waals surface area contributed by atoms with Crippen molar-refractivity contribution in [1.29, 1.82) is 0 Å². The first-order valence-corrected chi connectivity index (χ1v) is 9.72. The molecule has 0 radical (unpaired) electrons. The van der Waals surface area contributed by atoms with E-state index in [1.165, 1.54) is 24.9 Å². The van der Waals surface area contributed by atoms with E-state index in [2.05, 4.69) is 40.5 Å². The van der Waals surface area contributed by atoms with Crippen molar-refractivity contribution in [3.63, 3.8) is 0 Å². The van der Waals surface area contributed by atoms with Crippen molar-refractivity contribution < 1.29 is 4.79 Å². The van der Waals surface area contributed by atoms with Gasteiger partial charge in [0.1, 0.15) is 0 Å². The fourth-order valence-electron chi connectivity index (χ4n) is 3.02. The molecule has 1 fully saturated rings. The Balaban J connectivity index is 1.66. The number of hydrogen-bond donors (Lipinski definition) is 1. The third-order valence-electron chi connectivity index (χ3n) is 4.19.